The molecule has 0 radical (unpaired) electrons. The van der Waals surface area contributed by atoms with Gasteiger partial charge >= 0.3 is 7.12 Å². The molecule has 3 heteroatoms. The molecular weight excluding hydrogens is 283 g/mol. The molecule has 0 aromatic heterocycles. The van der Waals surface area contributed by atoms with Crippen molar-refractivity contribution in [2.45, 2.75) is 71.0 Å². The molecule has 124 valence electrons. The zero-order chi connectivity index (χ0) is 16.5. The van der Waals surface area contributed by atoms with E-state index in [2.05, 4.69) is 64.1 Å². The molecule has 0 unspecified atom stereocenters. The van der Waals surface area contributed by atoms with Crippen molar-refractivity contribution in [2.75, 3.05) is 0 Å². The predicted molar refractivity (Wildman–Crippen MR) is 97.1 cm³/mol. The Morgan fingerprint density at radius 3 is 2.09 bits per heavy atom. The van der Waals surface area contributed by atoms with Crippen molar-refractivity contribution in [2.24, 2.45) is 5.92 Å². The van der Waals surface area contributed by atoms with Crippen LogP contribution in [-0.4, -0.2) is 18.3 Å². The highest BCUT2D eigenvalue weighted by atomic mass is 16.7. The Hall–Kier alpha value is -1.06. The highest BCUT2D eigenvalue weighted by Crippen LogP contribution is 2.41. The van der Waals surface area contributed by atoms with Gasteiger partial charge in [0.15, 0.2) is 0 Å². The first-order chi connectivity index (χ1) is 10.9. The predicted octanol–water partition coefficient (Wildman–Crippen LogP) is 5.28. The molecular formula is C20H29BO2. The molecule has 0 atom stereocenters. The van der Waals surface area contributed by atoms with Crippen LogP contribution in [0.3, 0.4) is 0 Å². The van der Waals surface area contributed by atoms with Crippen molar-refractivity contribution in [1.82, 2.24) is 0 Å². The summed E-state index contributed by atoms with van der Waals surface area (Å²) < 4.78 is 12.7. The normalized spacial score (nSPS) is 24.9. The van der Waals surface area contributed by atoms with Gasteiger partial charge in [0.2, 0.25) is 0 Å². The second kappa shape index (κ2) is 6.45. The minimum Gasteiger partial charge on any atom is -0.399 e. The van der Waals surface area contributed by atoms with Crippen molar-refractivity contribution in [3.63, 3.8) is 0 Å². The van der Waals surface area contributed by atoms with Crippen molar-refractivity contribution in [1.29, 1.82) is 0 Å². The molecule has 1 aliphatic heterocycles. The lowest BCUT2D eigenvalue weighted by molar-refractivity contribution is 0.00578. The van der Waals surface area contributed by atoms with Crippen LogP contribution in [0.5, 0.6) is 0 Å². The molecule has 1 saturated carbocycles. The fraction of sp³-hybridized carbons (Fsp3) is 0.600. The van der Waals surface area contributed by atoms with Crippen LogP contribution in [0, 0.1) is 5.92 Å². The minimum absolute atomic E-state index is 0.274. The summed E-state index contributed by atoms with van der Waals surface area (Å²) in [5.74, 6) is 0.651. The van der Waals surface area contributed by atoms with E-state index >= 15 is 0 Å². The van der Waals surface area contributed by atoms with E-state index in [1.165, 1.54) is 43.1 Å². The molecule has 2 aliphatic rings. The van der Waals surface area contributed by atoms with E-state index in [-0.39, 0.29) is 18.3 Å². The summed E-state index contributed by atoms with van der Waals surface area (Å²) in [5, 5.41) is 0. The Morgan fingerprint density at radius 2 is 1.52 bits per heavy atom. The number of hydrogen-bond donors (Lipinski definition) is 0. The lowest BCUT2D eigenvalue weighted by Gasteiger charge is -2.32. The van der Waals surface area contributed by atoms with Gasteiger partial charge in [-0.05, 0) is 57.5 Å². The number of rotatable bonds is 3. The fourth-order valence-electron chi connectivity index (χ4n) is 3.47. The quantitative estimate of drug-likeness (QED) is 0.707. The van der Waals surface area contributed by atoms with E-state index in [0.717, 1.165) is 0 Å². The monoisotopic (exact) mass is 312 g/mol. The van der Waals surface area contributed by atoms with Crippen molar-refractivity contribution >= 4 is 12.6 Å². The molecule has 2 nitrogen and oxygen atoms in total. The van der Waals surface area contributed by atoms with Crippen LogP contribution in [0.15, 0.2) is 36.4 Å². The highest BCUT2D eigenvalue weighted by Gasteiger charge is 2.52. The van der Waals surface area contributed by atoms with E-state index in [1.807, 2.05) is 0 Å². The highest BCUT2D eigenvalue weighted by molar-refractivity contribution is 6.68. The first kappa shape index (κ1) is 16.8. The molecule has 1 heterocycles. The molecule has 1 aromatic carbocycles. The standard InChI is InChI=1S/C20H29BO2/c1-19(2)20(3,4)23-21(22-19)18(17-13-9-6-10-14-17)15-16-11-7-5-8-12-16/h6,9-10,13-16H,5,7-8,11-12H2,1-4H3/b18-15+. The summed E-state index contributed by atoms with van der Waals surface area (Å²) in [6.45, 7) is 8.49. The third-order valence-electron chi connectivity index (χ3n) is 5.68. The van der Waals surface area contributed by atoms with Gasteiger partial charge in [-0.25, -0.2) is 0 Å². The van der Waals surface area contributed by atoms with Gasteiger partial charge in [0.1, 0.15) is 0 Å². The molecule has 0 bridgehead atoms. The third kappa shape index (κ3) is 3.56. The summed E-state index contributed by atoms with van der Waals surface area (Å²) >= 11 is 0. The summed E-state index contributed by atoms with van der Waals surface area (Å²) in [7, 11) is -0.274. The Morgan fingerprint density at radius 1 is 0.957 bits per heavy atom. The number of hydrogen-bond acceptors (Lipinski definition) is 2. The molecule has 23 heavy (non-hydrogen) atoms. The van der Waals surface area contributed by atoms with Gasteiger partial charge in [0.25, 0.3) is 0 Å². The second-order valence-corrected chi connectivity index (χ2v) is 7.97. The van der Waals surface area contributed by atoms with Crippen LogP contribution in [0.1, 0.15) is 65.4 Å². The minimum atomic E-state index is -0.294. The topological polar surface area (TPSA) is 18.5 Å². The van der Waals surface area contributed by atoms with E-state index < -0.39 is 0 Å². The lowest BCUT2D eigenvalue weighted by atomic mass is 9.71. The molecule has 0 N–H and O–H groups in total. The number of benzene rings is 1. The second-order valence-electron chi connectivity index (χ2n) is 7.97. The summed E-state index contributed by atoms with van der Waals surface area (Å²) in [4.78, 5) is 0. The van der Waals surface area contributed by atoms with Gasteiger partial charge in [-0.1, -0.05) is 55.7 Å². The molecule has 1 saturated heterocycles. The van der Waals surface area contributed by atoms with Crippen LogP contribution in [0.25, 0.3) is 5.47 Å². The first-order valence-corrected chi connectivity index (χ1v) is 9.02. The van der Waals surface area contributed by atoms with Gasteiger partial charge < -0.3 is 9.31 Å². The van der Waals surface area contributed by atoms with Gasteiger partial charge in [-0.2, -0.15) is 0 Å². The van der Waals surface area contributed by atoms with Crippen LogP contribution < -0.4 is 0 Å². The Balaban J connectivity index is 1.92. The molecule has 1 aromatic rings. The maximum Gasteiger partial charge on any atom is 0.495 e. The fourth-order valence-corrected chi connectivity index (χ4v) is 3.47. The molecule has 3 rings (SSSR count). The van der Waals surface area contributed by atoms with Gasteiger partial charge in [-0.15, -0.1) is 0 Å². The van der Waals surface area contributed by atoms with Crippen LogP contribution in [0.4, 0.5) is 0 Å². The van der Waals surface area contributed by atoms with Crippen LogP contribution in [-0.2, 0) is 9.31 Å². The maximum absolute atomic E-state index is 6.33. The zero-order valence-corrected chi connectivity index (χ0v) is 15.0. The van der Waals surface area contributed by atoms with E-state index in [4.69, 9.17) is 9.31 Å². The Labute approximate surface area is 141 Å². The van der Waals surface area contributed by atoms with Crippen LogP contribution >= 0.6 is 0 Å². The van der Waals surface area contributed by atoms with E-state index in [0.29, 0.717) is 5.92 Å². The van der Waals surface area contributed by atoms with Crippen LogP contribution in [0.2, 0.25) is 0 Å². The van der Waals surface area contributed by atoms with Crippen molar-refractivity contribution in [3.8, 4) is 0 Å². The zero-order valence-electron chi connectivity index (χ0n) is 15.0. The molecule has 1 aliphatic carbocycles. The third-order valence-corrected chi connectivity index (χ3v) is 5.68. The molecule has 0 spiro atoms. The average molecular weight is 312 g/mol. The van der Waals surface area contributed by atoms with Gasteiger partial charge in [0.05, 0.1) is 11.2 Å². The maximum atomic E-state index is 6.33. The first-order valence-electron chi connectivity index (χ1n) is 9.02. The SMILES string of the molecule is CC1(C)OB(/C(=C/C2CCCCC2)c2ccccc2)OC1(C)C. The largest absolute Gasteiger partial charge is 0.495 e. The summed E-state index contributed by atoms with van der Waals surface area (Å²) in [5.41, 5.74) is 1.84. The van der Waals surface area contributed by atoms with E-state index in [1.54, 1.807) is 0 Å². The smallest absolute Gasteiger partial charge is 0.399 e. The molecule has 2 fully saturated rings. The van der Waals surface area contributed by atoms with E-state index in [9.17, 15) is 0 Å². The van der Waals surface area contributed by atoms with Crippen molar-refractivity contribution in [3.05, 3.63) is 42.0 Å². The number of allylic oxidation sites excluding steroid dienone is 1. The summed E-state index contributed by atoms with van der Waals surface area (Å²) in [6.07, 6.45) is 9.06. The average Bonchev–Trinajstić information content (AvgIpc) is 2.75. The van der Waals surface area contributed by atoms with Gasteiger partial charge in [0, 0.05) is 0 Å². The Bertz CT molecular complexity index is 540. The molecule has 0 amide bonds. The van der Waals surface area contributed by atoms with Gasteiger partial charge in [-0.3, -0.25) is 0 Å². The van der Waals surface area contributed by atoms with Crippen molar-refractivity contribution < 1.29 is 9.31 Å². The Kier molecular flexibility index (Phi) is 4.71. The summed E-state index contributed by atoms with van der Waals surface area (Å²) in [6, 6.07) is 10.6. The lowest BCUT2D eigenvalue weighted by Crippen LogP contribution is -2.41.